The van der Waals surface area contributed by atoms with Crippen molar-refractivity contribution in [2.24, 2.45) is 4.99 Å². The number of hydrogen-bond acceptors (Lipinski definition) is 5. The molecule has 1 aliphatic rings. The van der Waals surface area contributed by atoms with Crippen molar-refractivity contribution in [2.45, 2.75) is 0 Å². The molecule has 6 heteroatoms. The van der Waals surface area contributed by atoms with Crippen LogP contribution in [0.1, 0.15) is 15.9 Å². The Bertz CT molecular complexity index is 1100. The van der Waals surface area contributed by atoms with Crippen molar-refractivity contribution in [3.05, 3.63) is 71.8 Å². The van der Waals surface area contributed by atoms with Gasteiger partial charge in [-0.2, -0.15) is 5.26 Å². The number of fused-ring (bicyclic) bond motifs is 1. The second-order valence-electron chi connectivity index (χ2n) is 6.63. The normalized spacial score (nSPS) is 12.8. The molecule has 0 aromatic heterocycles. The molecule has 1 aliphatic heterocycles. The standard InChI is InChI=1S/C22H19N5O/c1-26(21-9-6-18-12-16(14-23)2-3-19(18)13-21)22(28)17-4-7-20(8-5-17)25-27-11-10-24-15-27/h2-9,12-13,15,25H,10-11H2,1H3. The molecule has 1 heterocycles. The molecule has 0 aliphatic carbocycles. The van der Waals surface area contributed by atoms with Gasteiger partial charge >= 0.3 is 0 Å². The van der Waals surface area contributed by atoms with Gasteiger partial charge in [0, 0.05) is 18.3 Å². The molecular formula is C22H19N5O. The van der Waals surface area contributed by atoms with E-state index in [1.165, 1.54) is 0 Å². The highest BCUT2D eigenvalue weighted by atomic mass is 16.2. The lowest BCUT2D eigenvalue weighted by Gasteiger charge is -2.19. The fourth-order valence-corrected chi connectivity index (χ4v) is 3.14. The number of rotatable bonds is 4. The summed E-state index contributed by atoms with van der Waals surface area (Å²) in [6, 6.07) is 20.9. The minimum atomic E-state index is -0.0812. The predicted molar refractivity (Wildman–Crippen MR) is 112 cm³/mol. The molecule has 0 saturated carbocycles. The van der Waals surface area contributed by atoms with Crippen LogP contribution in [0.25, 0.3) is 10.8 Å². The Labute approximate surface area is 163 Å². The summed E-state index contributed by atoms with van der Waals surface area (Å²) in [6.07, 6.45) is 1.77. The summed E-state index contributed by atoms with van der Waals surface area (Å²) in [4.78, 5) is 18.7. The van der Waals surface area contributed by atoms with Gasteiger partial charge in [-0.05, 0) is 59.3 Å². The average Bonchev–Trinajstić information content (AvgIpc) is 3.25. The van der Waals surface area contributed by atoms with E-state index in [9.17, 15) is 4.79 Å². The molecule has 0 radical (unpaired) electrons. The van der Waals surface area contributed by atoms with Crippen molar-refractivity contribution in [3.63, 3.8) is 0 Å². The molecule has 3 aromatic rings. The van der Waals surface area contributed by atoms with Crippen molar-refractivity contribution < 1.29 is 4.79 Å². The number of nitriles is 1. The summed E-state index contributed by atoms with van der Waals surface area (Å²) in [7, 11) is 1.76. The summed E-state index contributed by atoms with van der Waals surface area (Å²) in [5.74, 6) is -0.0812. The molecule has 28 heavy (non-hydrogen) atoms. The summed E-state index contributed by atoms with van der Waals surface area (Å²) >= 11 is 0. The summed E-state index contributed by atoms with van der Waals surface area (Å²) in [5, 5.41) is 12.9. The smallest absolute Gasteiger partial charge is 0.258 e. The predicted octanol–water partition coefficient (Wildman–Crippen LogP) is 3.66. The first-order valence-electron chi connectivity index (χ1n) is 8.99. The van der Waals surface area contributed by atoms with Gasteiger partial charge in [-0.1, -0.05) is 12.1 Å². The molecule has 3 aromatic carbocycles. The third kappa shape index (κ3) is 3.51. The molecule has 1 amide bonds. The second kappa shape index (κ2) is 7.41. The van der Waals surface area contributed by atoms with Crippen LogP contribution in [0.2, 0.25) is 0 Å². The first-order chi connectivity index (χ1) is 13.6. The number of nitrogens with one attached hydrogen (secondary N) is 1. The van der Waals surface area contributed by atoms with Crippen molar-refractivity contribution >= 4 is 34.4 Å². The molecule has 138 valence electrons. The topological polar surface area (TPSA) is 71.7 Å². The maximum Gasteiger partial charge on any atom is 0.258 e. The molecule has 0 unspecified atom stereocenters. The fraction of sp³-hybridized carbons (Fsp3) is 0.136. The number of hydrazine groups is 1. The third-order valence-electron chi connectivity index (χ3n) is 4.74. The number of anilines is 2. The van der Waals surface area contributed by atoms with Crippen LogP contribution in [-0.2, 0) is 0 Å². The molecule has 0 spiro atoms. The number of carbonyl (C=O) groups excluding carboxylic acids is 1. The van der Waals surface area contributed by atoms with Gasteiger partial charge < -0.3 is 4.90 Å². The van der Waals surface area contributed by atoms with E-state index in [2.05, 4.69) is 16.5 Å². The van der Waals surface area contributed by atoms with Gasteiger partial charge in [-0.25, -0.2) is 0 Å². The molecule has 0 fully saturated rings. The maximum absolute atomic E-state index is 12.9. The van der Waals surface area contributed by atoms with E-state index < -0.39 is 0 Å². The Morgan fingerprint density at radius 3 is 2.57 bits per heavy atom. The van der Waals surface area contributed by atoms with E-state index in [0.717, 1.165) is 35.2 Å². The zero-order valence-corrected chi connectivity index (χ0v) is 15.5. The summed E-state index contributed by atoms with van der Waals surface area (Å²) in [5.41, 5.74) is 6.18. The fourth-order valence-electron chi connectivity index (χ4n) is 3.14. The van der Waals surface area contributed by atoms with Crippen LogP contribution in [0, 0.1) is 11.3 Å². The largest absolute Gasteiger partial charge is 0.311 e. The number of amides is 1. The Morgan fingerprint density at radius 1 is 1.11 bits per heavy atom. The summed E-state index contributed by atoms with van der Waals surface area (Å²) < 4.78 is 0. The van der Waals surface area contributed by atoms with Crippen LogP contribution in [0.3, 0.4) is 0 Å². The van der Waals surface area contributed by atoms with Crippen molar-refractivity contribution in [2.75, 3.05) is 30.5 Å². The van der Waals surface area contributed by atoms with Crippen molar-refractivity contribution in [1.82, 2.24) is 5.01 Å². The van der Waals surface area contributed by atoms with E-state index in [1.807, 2.05) is 59.6 Å². The van der Waals surface area contributed by atoms with Crippen LogP contribution in [0.15, 0.2) is 65.7 Å². The van der Waals surface area contributed by atoms with Crippen LogP contribution < -0.4 is 10.3 Å². The Hall–Kier alpha value is -3.85. The zero-order valence-electron chi connectivity index (χ0n) is 15.5. The lowest BCUT2D eigenvalue weighted by atomic mass is 10.1. The van der Waals surface area contributed by atoms with Crippen molar-refractivity contribution in [3.8, 4) is 6.07 Å². The minimum Gasteiger partial charge on any atom is -0.311 e. The van der Waals surface area contributed by atoms with Gasteiger partial charge in [-0.15, -0.1) is 0 Å². The van der Waals surface area contributed by atoms with Crippen LogP contribution in [0.5, 0.6) is 0 Å². The van der Waals surface area contributed by atoms with Crippen molar-refractivity contribution in [1.29, 1.82) is 5.26 Å². The van der Waals surface area contributed by atoms with E-state index in [0.29, 0.717) is 11.1 Å². The first kappa shape index (κ1) is 17.6. The van der Waals surface area contributed by atoms with Gasteiger partial charge in [0.2, 0.25) is 0 Å². The Morgan fingerprint density at radius 2 is 1.86 bits per heavy atom. The number of benzene rings is 3. The van der Waals surface area contributed by atoms with E-state index >= 15 is 0 Å². The number of hydrogen-bond donors (Lipinski definition) is 1. The minimum absolute atomic E-state index is 0.0812. The van der Waals surface area contributed by atoms with Gasteiger partial charge in [0.1, 0.15) is 6.34 Å². The monoisotopic (exact) mass is 369 g/mol. The zero-order chi connectivity index (χ0) is 19.5. The first-order valence-corrected chi connectivity index (χ1v) is 8.99. The van der Waals surface area contributed by atoms with Gasteiger partial charge in [0.15, 0.2) is 0 Å². The van der Waals surface area contributed by atoms with Crippen LogP contribution in [-0.4, -0.2) is 37.4 Å². The van der Waals surface area contributed by atoms with Crippen LogP contribution >= 0.6 is 0 Å². The Balaban J connectivity index is 1.51. The molecular weight excluding hydrogens is 350 g/mol. The van der Waals surface area contributed by atoms with E-state index in [-0.39, 0.29) is 5.91 Å². The van der Waals surface area contributed by atoms with Gasteiger partial charge in [0.25, 0.3) is 5.91 Å². The number of carbonyl (C=O) groups is 1. The molecule has 1 N–H and O–H groups in total. The lowest BCUT2D eigenvalue weighted by molar-refractivity contribution is 0.0993. The molecule has 0 atom stereocenters. The van der Waals surface area contributed by atoms with E-state index in [4.69, 9.17) is 5.26 Å². The highest BCUT2D eigenvalue weighted by Crippen LogP contribution is 2.24. The highest BCUT2D eigenvalue weighted by Gasteiger charge is 2.14. The number of aliphatic imine (C=N–C) groups is 1. The quantitative estimate of drug-likeness (QED) is 0.762. The third-order valence-corrected chi connectivity index (χ3v) is 4.74. The molecule has 4 rings (SSSR count). The summed E-state index contributed by atoms with van der Waals surface area (Å²) in [6.45, 7) is 1.62. The average molecular weight is 369 g/mol. The van der Waals surface area contributed by atoms with Crippen LogP contribution in [0.4, 0.5) is 11.4 Å². The SMILES string of the molecule is CN(C(=O)c1ccc(NN2C=NCC2)cc1)c1ccc2cc(C#N)ccc2c1. The maximum atomic E-state index is 12.9. The molecule has 6 nitrogen and oxygen atoms in total. The second-order valence-corrected chi connectivity index (χ2v) is 6.63. The van der Waals surface area contributed by atoms with E-state index in [1.54, 1.807) is 24.4 Å². The molecule has 0 saturated heterocycles. The number of nitrogens with zero attached hydrogens (tertiary/aromatic N) is 4. The Kier molecular flexibility index (Phi) is 4.65. The molecule has 0 bridgehead atoms. The van der Waals surface area contributed by atoms with Gasteiger partial charge in [-0.3, -0.25) is 20.2 Å². The highest BCUT2D eigenvalue weighted by molar-refractivity contribution is 6.06. The van der Waals surface area contributed by atoms with Gasteiger partial charge in [0.05, 0.1) is 30.4 Å². The lowest BCUT2D eigenvalue weighted by Crippen LogP contribution is -2.27.